The summed E-state index contributed by atoms with van der Waals surface area (Å²) in [6, 6.07) is 19.3. The van der Waals surface area contributed by atoms with Gasteiger partial charge in [0, 0.05) is 49.5 Å². The fourth-order valence-corrected chi connectivity index (χ4v) is 3.80. The summed E-state index contributed by atoms with van der Waals surface area (Å²) in [6.07, 6.45) is 0. The summed E-state index contributed by atoms with van der Waals surface area (Å²) < 4.78 is 5.46. The highest BCUT2D eigenvalue weighted by Crippen LogP contribution is 2.25. The van der Waals surface area contributed by atoms with Crippen molar-refractivity contribution in [3.8, 4) is 0 Å². The second kappa shape index (κ2) is 9.10. The molecule has 1 saturated heterocycles. The SMILES string of the molecule is CC(Nc1ccc(N2CCN(Cc3ccccc3)CC2)cc1)c1nc(C(C)(C)C)no1. The van der Waals surface area contributed by atoms with Gasteiger partial charge in [-0.15, -0.1) is 0 Å². The molecule has 0 radical (unpaired) electrons. The van der Waals surface area contributed by atoms with Crippen LogP contribution in [-0.2, 0) is 12.0 Å². The third kappa shape index (κ3) is 5.44. The maximum Gasteiger partial charge on any atom is 0.248 e. The molecule has 31 heavy (non-hydrogen) atoms. The van der Waals surface area contributed by atoms with Crippen molar-refractivity contribution in [1.29, 1.82) is 0 Å². The maximum atomic E-state index is 5.46. The van der Waals surface area contributed by atoms with Crippen molar-refractivity contribution < 1.29 is 4.52 Å². The maximum absolute atomic E-state index is 5.46. The van der Waals surface area contributed by atoms with Gasteiger partial charge in [0.15, 0.2) is 5.82 Å². The Balaban J connectivity index is 1.30. The van der Waals surface area contributed by atoms with Gasteiger partial charge in [-0.05, 0) is 36.8 Å². The van der Waals surface area contributed by atoms with Crippen LogP contribution in [0.3, 0.4) is 0 Å². The topological polar surface area (TPSA) is 57.4 Å². The van der Waals surface area contributed by atoms with Crippen molar-refractivity contribution in [3.05, 3.63) is 71.9 Å². The van der Waals surface area contributed by atoms with E-state index in [4.69, 9.17) is 4.52 Å². The predicted molar refractivity (Wildman–Crippen MR) is 125 cm³/mol. The Labute approximate surface area is 185 Å². The Hall–Kier alpha value is -2.86. The molecule has 1 aliphatic rings. The minimum atomic E-state index is -0.117. The Morgan fingerprint density at radius 1 is 0.968 bits per heavy atom. The molecule has 2 heterocycles. The van der Waals surface area contributed by atoms with Crippen LogP contribution in [0.1, 0.15) is 51.0 Å². The third-order valence-electron chi connectivity index (χ3n) is 5.72. The molecule has 6 heteroatoms. The molecule has 1 aliphatic heterocycles. The number of benzene rings is 2. The molecule has 1 N–H and O–H groups in total. The lowest BCUT2D eigenvalue weighted by molar-refractivity contribution is 0.250. The van der Waals surface area contributed by atoms with Gasteiger partial charge in [-0.2, -0.15) is 4.98 Å². The van der Waals surface area contributed by atoms with Gasteiger partial charge in [-0.3, -0.25) is 4.90 Å². The van der Waals surface area contributed by atoms with Crippen LogP contribution >= 0.6 is 0 Å². The molecule has 2 aromatic carbocycles. The second-order valence-corrected chi connectivity index (χ2v) is 9.37. The molecular weight excluding hydrogens is 386 g/mol. The van der Waals surface area contributed by atoms with Crippen molar-refractivity contribution in [3.63, 3.8) is 0 Å². The molecule has 1 atom stereocenters. The Bertz CT molecular complexity index is 954. The average molecular weight is 420 g/mol. The molecule has 3 aromatic rings. The molecule has 0 bridgehead atoms. The summed E-state index contributed by atoms with van der Waals surface area (Å²) in [5.74, 6) is 1.35. The van der Waals surface area contributed by atoms with E-state index in [1.54, 1.807) is 0 Å². The minimum Gasteiger partial charge on any atom is -0.374 e. The summed E-state index contributed by atoms with van der Waals surface area (Å²) in [6.45, 7) is 13.6. The first-order chi connectivity index (χ1) is 14.9. The first-order valence-electron chi connectivity index (χ1n) is 11.1. The van der Waals surface area contributed by atoms with E-state index in [0.29, 0.717) is 5.89 Å². The van der Waals surface area contributed by atoms with Gasteiger partial charge in [-0.25, -0.2) is 0 Å². The second-order valence-electron chi connectivity index (χ2n) is 9.37. The summed E-state index contributed by atoms with van der Waals surface area (Å²) in [5.41, 5.74) is 3.59. The normalized spacial score (nSPS) is 16.3. The average Bonchev–Trinajstić information content (AvgIpc) is 3.27. The van der Waals surface area contributed by atoms with Crippen molar-refractivity contribution in [2.75, 3.05) is 36.4 Å². The van der Waals surface area contributed by atoms with Crippen LogP contribution in [0.2, 0.25) is 0 Å². The molecule has 0 aliphatic carbocycles. The van der Waals surface area contributed by atoms with Gasteiger partial charge >= 0.3 is 0 Å². The number of anilines is 2. The number of hydrogen-bond acceptors (Lipinski definition) is 6. The smallest absolute Gasteiger partial charge is 0.248 e. The number of aromatic nitrogens is 2. The Morgan fingerprint density at radius 3 is 2.26 bits per heavy atom. The van der Waals surface area contributed by atoms with Gasteiger partial charge < -0.3 is 14.7 Å². The molecule has 0 saturated carbocycles. The molecule has 1 unspecified atom stereocenters. The molecule has 6 nitrogen and oxygen atoms in total. The van der Waals surface area contributed by atoms with E-state index in [9.17, 15) is 0 Å². The lowest BCUT2D eigenvalue weighted by Gasteiger charge is -2.36. The summed E-state index contributed by atoms with van der Waals surface area (Å²) in [4.78, 5) is 9.54. The number of hydrogen-bond donors (Lipinski definition) is 1. The minimum absolute atomic E-state index is 0.0454. The number of piperazine rings is 1. The van der Waals surface area contributed by atoms with E-state index >= 15 is 0 Å². The number of rotatable bonds is 6. The van der Waals surface area contributed by atoms with Crippen molar-refractivity contribution >= 4 is 11.4 Å². The van der Waals surface area contributed by atoms with Crippen LogP contribution in [0.4, 0.5) is 11.4 Å². The highest BCUT2D eigenvalue weighted by Gasteiger charge is 2.23. The predicted octanol–water partition coefficient (Wildman–Crippen LogP) is 4.86. The van der Waals surface area contributed by atoms with E-state index in [2.05, 4.69) is 101 Å². The standard InChI is InChI=1S/C25H33N5O/c1-19(23-27-24(28-31-23)25(2,3)4)26-21-10-12-22(13-11-21)30-16-14-29(15-17-30)18-20-8-6-5-7-9-20/h5-13,19,26H,14-18H2,1-4H3. The van der Waals surface area contributed by atoms with Crippen molar-refractivity contribution in [2.45, 2.75) is 45.7 Å². The van der Waals surface area contributed by atoms with Crippen molar-refractivity contribution in [2.24, 2.45) is 0 Å². The largest absolute Gasteiger partial charge is 0.374 e. The zero-order valence-electron chi connectivity index (χ0n) is 19.0. The van der Waals surface area contributed by atoms with Crippen LogP contribution in [-0.4, -0.2) is 41.2 Å². The summed E-state index contributed by atoms with van der Waals surface area (Å²) >= 11 is 0. The highest BCUT2D eigenvalue weighted by molar-refractivity contribution is 5.55. The van der Waals surface area contributed by atoms with Gasteiger partial charge in [0.25, 0.3) is 0 Å². The third-order valence-corrected chi connectivity index (χ3v) is 5.72. The van der Waals surface area contributed by atoms with E-state index in [-0.39, 0.29) is 11.5 Å². The molecule has 0 spiro atoms. The van der Waals surface area contributed by atoms with Gasteiger partial charge in [0.05, 0.1) is 0 Å². The van der Waals surface area contributed by atoms with Gasteiger partial charge in [0.2, 0.25) is 5.89 Å². The lowest BCUT2D eigenvalue weighted by Crippen LogP contribution is -2.45. The van der Waals surface area contributed by atoms with Gasteiger partial charge in [-0.1, -0.05) is 56.3 Å². The summed E-state index contributed by atoms with van der Waals surface area (Å²) in [5, 5.41) is 7.59. The monoisotopic (exact) mass is 419 g/mol. The molecule has 1 aromatic heterocycles. The van der Waals surface area contributed by atoms with Crippen LogP contribution in [0.5, 0.6) is 0 Å². The first-order valence-corrected chi connectivity index (χ1v) is 11.1. The van der Waals surface area contributed by atoms with E-state index in [0.717, 1.165) is 44.2 Å². The van der Waals surface area contributed by atoms with E-state index in [1.165, 1.54) is 11.3 Å². The quantitative estimate of drug-likeness (QED) is 0.616. The highest BCUT2D eigenvalue weighted by atomic mass is 16.5. The van der Waals surface area contributed by atoms with Crippen molar-refractivity contribution in [1.82, 2.24) is 15.0 Å². The number of nitrogens with zero attached hydrogens (tertiary/aromatic N) is 4. The fourth-order valence-electron chi connectivity index (χ4n) is 3.80. The van der Waals surface area contributed by atoms with E-state index in [1.807, 2.05) is 6.92 Å². The van der Waals surface area contributed by atoms with E-state index < -0.39 is 0 Å². The molecular formula is C25H33N5O. The lowest BCUT2D eigenvalue weighted by atomic mass is 9.96. The van der Waals surface area contributed by atoms with Gasteiger partial charge in [0.1, 0.15) is 6.04 Å². The van der Waals surface area contributed by atoms with Crippen LogP contribution in [0, 0.1) is 0 Å². The Morgan fingerprint density at radius 2 is 1.65 bits per heavy atom. The van der Waals surface area contributed by atoms with Crippen LogP contribution < -0.4 is 10.2 Å². The van der Waals surface area contributed by atoms with Crippen LogP contribution in [0.25, 0.3) is 0 Å². The fraction of sp³-hybridized carbons (Fsp3) is 0.440. The molecule has 0 amide bonds. The number of nitrogens with one attached hydrogen (secondary N) is 1. The Kier molecular flexibility index (Phi) is 6.28. The zero-order chi connectivity index (χ0) is 21.8. The zero-order valence-corrected chi connectivity index (χ0v) is 19.0. The molecule has 164 valence electrons. The molecule has 1 fully saturated rings. The first kappa shape index (κ1) is 21.4. The molecule has 4 rings (SSSR count). The summed E-state index contributed by atoms with van der Waals surface area (Å²) in [7, 11) is 0. The van der Waals surface area contributed by atoms with Crippen LogP contribution in [0.15, 0.2) is 59.1 Å².